The Morgan fingerprint density at radius 2 is 2.05 bits per heavy atom. The molecule has 2 rings (SSSR count). The first kappa shape index (κ1) is 16.8. The lowest BCUT2D eigenvalue weighted by Gasteiger charge is -2.27. The third-order valence-corrected chi connectivity index (χ3v) is 4.81. The van der Waals surface area contributed by atoms with Crippen LogP contribution >= 0.6 is 15.9 Å². The van der Waals surface area contributed by atoms with Crippen LogP contribution in [-0.2, 0) is 6.42 Å². The van der Waals surface area contributed by atoms with Gasteiger partial charge in [-0.3, -0.25) is 0 Å². The zero-order chi connectivity index (χ0) is 15.5. The number of aliphatic hydroxyl groups is 1. The molecule has 1 saturated heterocycles. The summed E-state index contributed by atoms with van der Waals surface area (Å²) in [7, 11) is 0. The topological polar surface area (TPSA) is 23.5 Å². The van der Waals surface area contributed by atoms with Crippen molar-refractivity contribution in [3.63, 3.8) is 0 Å². The molecule has 0 saturated carbocycles. The quantitative estimate of drug-likeness (QED) is 0.822. The third kappa shape index (κ3) is 4.24. The van der Waals surface area contributed by atoms with E-state index in [-0.39, 0.29) is 16.5 Å². The maximum atomic E-state index is 14.1. The smallest absolute Gasteiger partial charge is 0.143 e. The Balaban J connectivity index is 2.13. The van der Waals surface area contributed by atoms with Gasteiger partial charge in [-0.2, -0.15) is 0 Å². The summed E-state index contributed by atoms with van der Waals surface area (Å²) >= 11 is 3.08. The highest BCUT2D eigenvalue weighted by Gasteiger charge is 2.32. The summed E-state index contributed by atoms with van der Waals surface area (Å²) in [6.07, 6.45) is 3.10. The molecule has 0 bridgehead atoms. The van der Waals surface area contributed by atoms with E-state index in [1.165, 1.54) is 12.1 Å². The fraction of sp³-hybridized carbons (Fsp3) is 0.625. The predicted octanol–water partition coefficient (Wildman–Crippen LogP) is 3.90. The molecule has 1 heterocycles. The van der Waals surface area contributed by atoms with Crippen molar-refractivity contribution >= 4 is 15.9 Å². The number of likely N-dealkylation sites (tertiary alicyclic amines) is 1. The molecule has 5 heteroatoms. The molecule has 0 spiro atoms. The van der Waals surface area contributed by atoms with E-state index in [1.54, 1.807) is 0 Å². The SMILES string of the molecule is CCCN1CCCC(O)(Cc2c(F)ccc(Br)c2F)CC1. The molecule has 1 N–H and O–H groups in total. The van der Waals surface area contributed by atoms with E-state index in [9.17, 15) is 13.9 Å². The number of hydrogen-bond donors (Lipinski definition) is 1. The van der Waals surface area contributed by atoms with Crippen molar-refractivity contribution in [3.8, 4) is 0 Å². The highest BCUT2D eigenvalue weighted by Crippen LogP contribution is 2.30. The predicted molar refractivity (Wildman–Crippen MR) is 83.3 cm³/mol. The van der Waals surface area contributed by atoms with Crippen LogP contribution in [-0.4, -0.2) is 35.2 Å². The highest BCUT2D eigenvalue weighted by molar-refractivity contribution is 9.10. The molecule has 1 aliphatic rings. The first-order chi connectivity index (χ1) is 9.95. The Morgan fingerprint density at radius 3 is 2.76 bits per heavy atom. The first-order valence-corrected chi connectivity index (χ1v) is 8.31. The lowest BCUT2D eigenvalue weighted by Crippen LogP contribution is -2.34. The van der Waals surface area contributed by atoms with Crippen LogP contribution in [0.15, 0.2) is 16.6 Å². The molecule has 1 aromatic carbocycles. The summed E-state index contributed by atoms with van der Waals surface area (Å²) < 4.78 is 28.2. The lowest BCUT2D eigenvalue weighted by molar-refractivity contribution is 0.0241. The van der Waals surface area contributed by atoms with E-state index in [0.717, 1.165) is 32.5 Å². The van der Waals surface area contributed by atoms with E-state index in [4.69, 9.17) is 0 Å². The van der Waals surface area contributed by atoms with Gasteiger partial charge in [-0.05, 0) is 66.8 Å². The molecule has 1 atom stereocenters. The zero-order valence-electron chi connectivity index (χ0n) is 12.3. The van der Waals surface area contributed by atoms with E-state index in [1.807, 2.05) is 0 Å². The highest BCUT2D eigenvalue weighted by atomic mass is 79.9. The van der Waals surface area contributed by atoms with E-state index in [2.05, 4.69) is 27.8 Å². The number of rotatable bonds is 4. The van der Waals surface area contributed by atoms with Crippen molar-refractivity contribution in [3.05, 3.63) is 33.8 Å². The fourth-order valence-electron chi connectivity index (χ4n) is 3.01. The van der Waals surface area contributed by atoms with Gasteiger partial charge in [0.2, 0.25) is 0 Å². The van der Waals surface area contributed by atoms with Crippen LogP contribution in [0.2, 0.25) is 0 Å². The minimum Gasteiger partial charge on any atom is -0.389 e. The Morgan fingerprint density at radius 1 is 1.29 bits per heavy atom. The Kier molecular flexibility index (Phi) is 5.74. The van der Waals surface area contributed by atoms with Crippen LogP contribution in [0.1, 0.15) is 38.2 Å². The second-order valence-electron chi connectivity index (χ2n) is 5.92. The molecule has 0 radical (unpaired) electrons. The largest absolute Gasteiger partial charge is 0.389 e. The Hall–Kier alpha value is -0.520. The molecule has 1 aromatic rings. The van der Waals surface area contributed by atoms with Crippen LogP contribution in [0, 0.1) is 11.6 Å². The van der Waals surface area contributed by atoms with Crippen LogP contribution in [0.5, 0.6) is 0 Å². The molecule has 0 amide bonds. The number of benzene rings is 1. The van der Waals surface area contributed by atoms with E-state index < -0.39 is 17.2 Å². The van der Waals surface area contributed by atoms with Gasteiger partial charge in [0.05, 0.1) is 10.1 Å². The maximum Gasteiger partial charge on any atom is 0.143 e. The molecule has 21 heavy (non-hydrogen) atoms. The first-order valence-electron chi connectivity index (χ1n) is 7.52. The van der Waals surface area contributed by atoms with Crippen LogP contribution in [0.4, 0.5) is 8.78 Å². The number of halogens is 3. The average molecular weight is 362 g/mol. The summed E-state index contributed by atoms with van der Waals surface area (Å²) in [5.74, 6) is -1.18. The molecular weight excluding hydrogens is 340 g/mol. The minimum atomic E-state index is -1.02. The monoisotopic (exact) mass is 361 g/mol. The van der Waals surface area contributed by atoms with Crippen LogP contribution in [0.3, 0.4) is 0 Å². The van der Waals surface area contributed by atoms with Crippen molar-refractivity contribution in [1.82, 2.24) is 4.90 Å². The van der Waals surface area contributed by atoms with Gasteiger partial charge < -0.3 is 10.0 Å². The summed E-state index contributed by atoms with van der Waals surface area (Å²) in [5, 5.41) is 10.8. The van der Waals surface area contributed by atoms with E-state index >= 15 is 0 Å². The van der Waals surface area contributed by atoms with Gasteiger partial charge in [-0.1, -0.05) is 6.92 Å². The van der Waals surface area contributed by atoms with Crippen LogP contribution in [0.25, 0.3) is 0 Å². The molecular formula is C16H22BrF2NO. The fourth-order valence-corrected chi connectivity index (χ4v) is 3.38. The normalized spacial score (nSPS) is 24.0. The molecule has 2 nitrogen and oxygen atoms in total. The maximum absolute atomic E-state index is 14.1. The van der Waals surface area contributed by atoms with Gasteiger partial charge in [0.15, 0.2) is 0 Å². The summed E-state index contributed by atoms with van der Waals surface area (Å²) in [6.45, 7) is 4.86. The molecule has 1 unspecified atom stereocenters. The van der Waals surface area contributed by atoms with Gasteiger partial charge in [-0.15, -0.1) is 0 Å². The molecule has 1 aliphatic heterocycles. The van der Waals surface area contributed by atoms with E-state index in [0.29, 0.717) is 12.8 Å². The van der Waals surface area contributed by atoms with Gasteiger partial charge in [0, 0.05) is 18.5 Å². The second kappa shape index (κ2) is 7.16. The van der Waals surface area contributed by atoms with Crippen molar-refractivity contribution < 1.29 is 13.9 Å². The Bertz CT molecular complexity index is 497. The number of nitrogens with zero attached hydrogens (tertiary/aromatic N) is 1. The standard InChI is InChI=1S/C16H22BrF2NO/c1-2-8-20-9-3-6-16(21,7-10-20)11-12-14(18)5-4-13(17)15(12)19/h4-5,21H,2-3,6-11H2,1H3. The second-order valence-corrected chi connectivity index (χ2v) is 6.77. The van der Waals surface area contributed by atoms with Crippen LogP contribution < -0.4 is 0 Å². The molecule has 1 fully saturated rings. The molecule has 0 aromatic heterocycles. The molecule has 0 aliphatic carbocycles. The van der Waals surface area contributed by atoms with Crippen molar-refractivity contribution in [2.24, 2.45) is 0 Å². The summed E-state index contributed by atoms with van der Waals surface area (Å²) in [4.78, 5) is 2.31. The van der Waals surface area contributed by atoms with Gasteiger partial charge in [0.25, 0.3) is 0 Å². The molecule has 118 valence electrons. The third-order valence-electron chi connectivity index (χ3n) is 4.19. The van der Waals surface area contributed by atoms with Gasteiger partial charge in [0.1, 0.15) is 11.6 Å². The van der Waals surface area contributed by atoms with Gasteiger partial charge >= 0.3 is 0 Å². The van der Waals surface area contributed by atoms with Crippen molar-refractivity contribution in [2.75, 3.05) is 19.6 Å². The summed E-state index contributed by atoms with van der Waals surface area (Å²) in [5.41, 5.74) is -1.04. The van der Waals surface area contributed by atoms with Crippen molar-refractivity contribution in [2.45, 2.75) is 44.6 Å². The van der Waals surface area contributed by atoms with Crippen molar-refractivity contribution in [1.29, 1.82) is 0 Å². The lowest BCUT2D eigenvalue weighted by atomic mass is 9.87. The Labute approximate surface area is 133 Å². The summed E-state index contributed by atoms with van der Waals surface area (Å²) in [6, 6.07) is 2.60. The van der Waals surface area contributed by atoms with Gasteiger partial charge in [-0.25, -0.2) is 8.78 Å². The zero-order valence-corrected chi connectivity index (χ0v) is 13.9. The number of hydrogen-bond acceptors (Lipinski definition) is 2. The minimum absolute atomic E-state index is 0.0178. The average Bonchev–Trinajstić information content (AvgIpc) is 2.63.